The van der Waals surface area contributed by atoms with Crippen LogP contribution in [-0.2, 0) is 9.05 Å². The molecule has 5 nitrogen and oxygen atoms in total. The van der Waals surface area contributed by atoms with Crippen LogP contribution in [0, 0.1) is 17.1 Å². The fourth-order valence-corrected chi connectivity index (χ4v) is 2.06. The summed E-state index contributed by atoms with van der Waals surface area (Å²) < 4.78 is 40.7. The Morgan fingerprint density at radius 1 is 1.30 bits per heavy atom. The molecule has 0 spiro atoms. The SMILES string of the molecule is N#Cc1c(F)cccc1Oc1ccc(S(=O)(=O)Cl)cn1. The van der Waals surface area contributed by atoms with Crippen LogP contribution in [0.5, 0.6) is 11.6 Å². The van der Waals surface area contributed by atoms with E-state index in [1.54, 1.807) is 6.07 Å². The second-order valence-electron chi connectivity index (χ2n) is 3.60. The summed E-state index contributed by atoms with van der Waals surface area (Å²) in [5.41, 5.74) is -0.261. The number of rotatable bonds is 3. The standard InChI is InChI=1S/C12H6ClFN2O3S/c13-20(17,18)8-4-5-12(16-7-8)19-11-3-1-2-10(14)9(11)6-15/h1-5,7H. The quantitative estimate of drug-likeness (QED) is 0.814. The maximum Gasteiger partial charge on any atom is 0.262 e. The van der Waals surface area contributed by atoms with Crippen molar-refractivity contribution in [1.82, 2.24) is 4.98 Å². The average Bonchev–Trinajstić information content (AvgIpc) is 2.38. The van der Waals surface area contributed by atoms with Crippen LogP contribution in [0.4, 0.5) is 4.39 Å². The Bertz CT molecular complexity index is 785. The molecule has 0 aliphatic carbocycles. The number of halogens is 2. The van der Waals surface area contributed by atoms with Gasteiger partial charge < -0.3 is 4.74 Å². The minimum Gasteiger partial charge on any atom is -0.438 e. The average molecular weight is 313 g/mol. The van der Waals surface area contributed by atoms with Crippen LogP contribution >= 0.6 is 10.7 Å². The van der Waals surface area contributed by atoms with Gasteiger partial charge in [-0.3, -0.25) is 0 Å². The Morgan fingerprint density at radius 3 is 2.60 bits per heavy atom. The first-order valence-corrected chi connectivity index (χ1v) is 7.50. The van der Waals surface area contributed by atoms with Crippen molar-refractivity contribution in [2.45, 2.75) is 4.90 Å². The van der Waals surface area contributed by atoms with E-state index in [4.69, 9.17) is 20.7 Å². The number of benzene rings is 1. The van der Waals surface area contributed by atoms with Crippen LogP contribution in [0.1, 0.15) is 5.56 Å². The molecule has 0 N–H and O–H groups in total. The van der Waals surface area contributed by atoms with Crippen LogP contribution in [-0.4, -0.2) is 13.4 Å². The van der Waals surface area contributed by atoms with Gasteiger partial charge in [-0.15, -0.1) is 0 Å². The molecule has 2 aromatic rings. The molecule has 102 valence electrons. The normalized spacial score (nSPS) is 10.8. The van der Waals surface area contributed by atoms with Crippen molar-refractivity contribution in [3.8, 4) is 17.7 Å². The highest BCUT2D eigenvalue weighted by Crippen LogP contribution is 2.26. The molecule has 20 heavy (non-hydrogen) atoms. The van der Waals surface area contributed by atoms with E-state index in [9.17, 15) is 12.8 Å². The van der Waals surface area contributed by atoms with Crippen LogP contribution < -0.4 is 4.74 Å². The lowest BCUT2D eigenvalue weighted by atomic mass is 10.2. The lowest BCUT2D eigenvalue weighted by Crippen LogP contribution is -1.95. The lowest BCUT2D eigenvalue weighted by Gasteiger charge is -2.06. The van der Waals surface area contributed by atoms with Gasteiger partial charge in [-0.2, -0.15) is 5.26 Å². The van der Waals surface area contributed by atoms with Gasteiger partial charge in [0.15, 0.2) is 0 Å². The fraction of sp³-hybridized carbons (Fsp3) is 0. The van der Waals surface area contributed by atoms with E-state index in [0.29, 0.717) is 0 Å². The Morgan fingerprint density at radius 2 is 2.05 bits per heavy atom. The van der Waals surface area contributed by atoms with E-state index in [1.165, 1.54) is 24.3 Å². The number of hydrogen-bond donors (Lipinski definition) is 0. The third-order valence-electron chi connectivity index (χ3n) is 2.29. The highest BCUT2D eigenvalue weighted by molar-refractivity contribution is 8.13. The van der Waals surface area contributed by atoms with Crippen molar-refractivity contribution < 1.29 is 17.5 Å². The molecule has 1 heterocycles. The Labute approximate surface area is 118 Å². The van der Waals surface area contributed by atoms with Gasteiger partial charge in [0, 0.05) is 16.7 Å². The fourth-order valence-electron chi connectivity index (χ4n) is 1.38. The van der Waals surface area contributed by atoms with Gasteiger partial charge in [-0.25, -0.2) is 17.8 Å². The molecule has 0 saturated heterocycles. The number of ether oxygens (including phenoxy) is 1. The number of pyridine rings is 1. The molecule has 0 aliphatic heterocycles. The molecule has 0 unspecified atom stereocenters. The molecular weight excluding hydrogens is 307 g/mol. The summed E-state index contributed by atoms with van der Waals surface area (Å²) in [5.74, 6) is -0.720. The maximum absolute atomic E-state index is 13.4. The van der Waals surface area contributed by atoms with Crippen molar-refractivity contribution in [3.63, 3.8) is 0 Å². The molecule has 8 heteroatoms. The molecule has 0 bridgehead atoms. The smallest absolute Gasteiger partial charge is 0.262 e. The van der Waals surface area contributed by atoms with Crippen LogP contribution in [0.25, 0.3) is 0 Å². The molecule has 0 atom stereocenters. The highest BCUT2D eigenvalue weighted by Gasteiger charge is 2.13. The van der Waals surface area contributed by atoms with E-state index in [-0.39, 0.29) is 22.1 Å². The summed E-state index contributed by atoms with van der Waals surface area (Å²) in [6.45, 7) is 0. The van der Waals surface area contributed by atoms with Crippen LogP contribution in [0.3, 0.4) is 0 Å². The zero-order chi connectivity index (χ0) is 14.8. The molecular formula is C12H6ClFN2O3S. The monoisotopic (exact) mass is 312 g/mol. The van der Waals surface area contributed by atoms with Gasteiger partial charge in [-0.1, -0.05) is 6.07 Å². The lowest BCUT2D eigenvalue weighted by molar-refractivity contribution is 0.455. The number of aromatic nitrogens is 1. The van der Waals surface area contributed by atoms with Crippen molar-refractivity contribution in [2.75, 3.05) is 0 Å². The predicted molar refractivity (Wildman–Crippen MR) is 68.5 cm³/mol. The Kier molecular flexibility index (Phi) is 3.88. The Hall–Kier alpha value is -2.17. The molecule has 0 fully saturated rings. The third-order valence-corrected chi connectivity index (χ3v) is 3.63. The molecule has 0 radical (unpaired) electrons. The topological polar surface area (TPSA) is 80.0 Å². The maximum atomic E-state index is 13.4. The number of nitrogens with zero attached hydrogens (tertiary/aromatic N) is 2. The van der Waals surface area contributed by atoms with E-state index < -0.39 is 14.9 Å². The Balaban J connectivity index is 2.32. The van der Waals surface area contributed by atoms with E-state index >= 15 is 0 Å². The first kappa shape index (κ1) is 14.2. The first-order valence-electron chi connectivity index (χ1n) is 5.19. The van der Waals surface area contributed by atoms with Crippen molar-refractivity contribution in [3.05, 3.63) is 47.9 Å². The summed E-state index contributed by atoms with van der Waals surface area (Å²) in [5, 5.41) is 8.84. The summed E-state index contributed by atoms with van der Waals surface area (Å²) >= 11 is 0. The predicted octanol–water partition coefficient (Wildman–Crippen LogP) is 2.81. The second-order valence-corrected chi connectivity index (χ2v) is 6.16. The van der Waals surface area contributed by atoms with Gasteiger partial charge in [0.1, 0.15) is 28.1 Å². The van der Waals surface area contributed by atoms with Gasteiger partial charge in [0.2, 0.25) is 5.88 Å². The van der Waals surface area contributed by atoms with Crippen molar-refractivity contribution in [1.29, 1.82) is 5.26 Å². The van der Waals surface area contributed by atoms with Gasteiger partial charge in [-0.05, 0) is 18.2 Å². The first-order chi connectivity index (χ1) is 9.41. The van der Waals surface area contributed by atoms with Crippen molar-refractivity contribution >= 4 is 19.7 Å². The third kappa shape index (κ3) is 3.04. The largest absolute Gasteiger partial charge is 0.438 e. The van der Waals surface area contributed by atoms with Gasteiger partial charge >= 0.3 is 0 Å². The number of nitriles is 1. The molecule has 0 aliphatic rings. The summed E-state index contributed by atoms with van der Waals surface area (Å²) in [6.07, 6.45) is 1.00. The zero-order valence-corrected chi connectivity index (χ0v) is 11.3. The molecule has 0 saturated carbocycles. The minimum atomic E-state index is -3.87. The second kappa shape index (κ2) is 5.45. The van der Waals surface area contributed by atoms with Crippen LogP contribution in [0.15, 0.2) is 41.4 Å². The van der Waals surface area contributed by atoms with E-state index in [2.05, 4.69) is 4.98 Å². The van der Waals surface area contributed by atoms with Crippen molar-refractivity contribution in [2.24, 2.45) is 0 Å². The molecule has 1 aromatic carbocycles. The minimum absolute atomic E-state index is 0.0103. The van der Waals surface area contributed by atoms with Gasteiger partial charge in [0.05, 0.1) is 6.20 Å². The van der Waals surface area contributed by atoms with E-state index in [0.717, 1.165) is 12.3 Å². The van der Waals surface area contributed by atoms with E-state index in [1.807, 2.05) is 0 Å². The summed E-state index contributed by atoms with van der Waals surface area (Å²) in [4.78, 5) is 3.54. The molecule has 2 rings (SSSR count). The van der Waals surface area contributed by atoms with Gasteiger partial charge in [0.25, 0.3) is 9.05 Å². The molecule has 0 amide bonds. The molecule has 1 aromatic heterocycles. The number of hydrogen-bond acceptors (Lipinski definition) is 5. The summed E-state index contributed by atoms with van der Waals surface area (Å²) in [6, 6.07) is 8.02. The zero-order valence-electron chi connectivity index (χ0n) is 9.75. The summed E-state index contributed by atoms with van der Waals surface area (Å²) in [7, 11) is 1.27. The van der Waals surface area contributed by atoms with Crippen LogP contribution in [0.2, 0.25) is 0 Å². The highest BCUT2D eigenvalue weighted by atomic mass is 35.7.